The number of benzene rings is 1. The molecule has 1 aromatic rings. The molecule has 0 aromatic heterocycles. The summed E-state index contributed by atoms with van der Waals surface area (Å²) in [5.74, 6) is -0.166. The maximum Gasteiger partial charge on any atom is 0.146 e. The first-order valence-corrected chi connectivity index (χ1v) is 5.82. The molecule has 1 N–H and O–H groups in total. The van der Waals surface area contributed by atoms with Crippen LogP contribution in [0.2, 0.25) is 0 Å². The summed E-state index contributed by atoms with van der Waals surface area (Å²) in [6, 6.07) is 6.83. The van der Waals surface area contributed by atoms with E-state index in [-0.39, 0.29) is 12.4 Å². The predicted molar refractivity (Wildman–Crippen MR) is 65.2 cm³/mol. The van der Waals surface area contributed by atoms with Gasteiger partial charge in [-0.15, -0.1) is 0 Å². The van der Waals surface area contributed by atoms with Gasteiger partial charge in [-0.05, 0) is 25.0 Å². The number of nitrogens with zero attached hydrogens (tertiary/aromatic N) is 1. The van der Waals surface area contributed by atoms with Crippen LogP contribution in [0.15, 0.2) is 24.3 Å². The highest BCUT2D eigenvalue weighted by molar-refractivity contribution is 5.46. The van der Waals surface area contributed by atoms with Crippen molar-refractivity contribution in [3.63, 3.8) is 0 Å². The molecule has 0 unspecified atom stereocenters. The second-order valence-electron chi connectivity index (χ2n) is 4.01. The second-order valence-corrected chi connectivity index (χ2v) is 4.01. The van der Waals surface area contributed by atoms with E-state index in [1.54, 1.807) is 12.1 Å². The lowest BCUT2D eigenvalue weighted by Crippen LogP contribution is -2.19. The van der Waals surface area contributed by atoms with Crippen molar-refractivity contribution in [3.05, 3.63) is 30.1 Å². The van der Waals surface area contributed by atoms with Gasteiger partial charge in [0.1, 0.15) is 5.82 Å². The van der Waals surface area contributed by atoms with Gasteiger partial charge in [0.05, 0.1) is 5.69 Å². The van der Waals surface area contributed by atoms with Crippen LogP contribution in [0, 0.1) is 5.82 Å². The molecule has 2 nitrogen and oxygen atoms in total. The molecule has 0 amide bonds. The monoisotopic (exact) mass is 225 g/mol. The summed E-state index contributed by atoms with van der Waals surface area (Å²) in [5.41, 5.74) is 0.657. The molecule has 0 saturated heterocycles. The lowest BCUT2D eigenvalue weighted by atomic mass is 10.2. The predicted octanol–water partition coefficient (Wildman–Crippen LogP) is 2.81. The topological polar surface area (TPSA) is 23.5 Å². The van der Waals surface area contributed by atoms with Gasteiger partial charge in [-0.2, -0.15) is 0 Å². The molecular weight excluding hydrogens is 205 g/mol. The van der Waals surface area contributed by atoms with E-state index in [0.29, 0.717) is 5.69 Å². The Morgan fingerprint density at radius 1 is 1.12 bits per heavy atom. The maximum absolute atomic E-state index is 13.4. The minimum Gasteiger partial charge on any atom is -0.396 e. The van der Waals surface area contributed by atoms with E-state index >= 15 is 0 Å². The zero-order valence-corrected chi connectivity index (χ0v) is 9.82. The van der Waals surface area contributed by atoms with E-state index in [4.69, 9.17) is 5.11 Å². The van der Waals surface area contributed by atoms with Crippen LogP contribution < -0.4 is 4.90 Å². The van der Waals surface area contributed by atoms with Crippen LogP contribution in [-0.4, -0.2) is 25.3 Å². The zero-order chi connectivity index (χ0) is 11.8. The molecule has 90 valence electrons. The smallest absolute Gasteiger partial charge is 0.146 e. The van der Waals surface area contributed by atoms with Crippen LogP contribution in [0.25, 0.3) is 0 Å². The van der Waals surface area contributed by atoms with Gasteiger partial charge in [0.2, 0.25) is 0 Å². The molecule has 0 spiro atoms. The fourth-order valence-electron chi connectivity index (χ4n) is 1.70. The minimum atomic E-state index is -0.166. The first kappa shape index (κ1) is 13.0. The molecule has 0 fully saturated rings. The molecule has 0 aliphatic rings. The summed E-state index contributed by atoms with van der Waals surface area (Å²) in [4.78, 5) is 1.94. The molecule has 0 bridgehead atoms. The Labute approximate surface area is 96.7 Å². The number of anilines is 1. The molecule has 16 heavy (non-hydrogen) atoms. The Morgan fingerprint density at radius 2 is 1.81 bits per heavy atom. The van der Waals surface area contributed by atoms with E-state index in [0.717, 1.165) is 32.2 Å². The van der Waals surface area contributed by atoms with Crippen LogP contribution in [0.1, 0.15) is 25.7 Å². The Hall–Kier alpha value is -1.09. The van der Waals surface area contributed by atoms with Gasteiger partial charge >= 0.3 is 0 Å². The van der Waals surface area contributed by atoms with Crippen LogP contribution in [0.4, 0.5) is 10.1 Å². The molecular formula is C13H20FNO. The lowest BCUT2D eigenvalue weighted by molar-refractivity contribution is 0.282. The SMILES string of the molecule is CN(CCCCCCO)c1ccccc1F. The molecule has 3 heteroatoms. The summed E-state index contributed by atoms with van der Waals surface area (Å²) < 4.78 is 13.4. The van der Waals surface area contributed by atoms with Crippen LogP contribution >= 0.6 is 0 Å². The molecule has 0 heterocycles. The third-order valence-electron chi connectivity index (χ3n) is 2.67. The highest BCUT2D eigenvalue weighted by Gasteiger charge is 2.05. The summed E-state index contributed by atoms with van der Waals surface area (Å²) in [5, 5.41) is 8.63. The van der Waals surface area contributed by atoms with E-state index in [9.17, 15) is 4.39 Å². The van der Waals surface area contributed by atoms with Crippen LogP contribution in [0.5, 0.6) is 0 Å². The van der Waals surface area contributed by atoms with Gasteiger partial charge < -0.3 is 10.0 Å². The zero-order valence-electron chi connectivity index (χ0n) is 9.82. The molecule has 0 saturated carbocycles. The quantitative estimate of drug-likeness (QED) is 0.721. The average molecular weight is 225 g/mol. The molecule has 0 aliphatic carbocycles. The highest BCUT2D eigenvalue weighted by atomic mass is 19.1. The van der Waals surface area contributed by atoms with Crippen molar-refractivity contribution in [1.82, 2.24) is 0 Å². The van der Waals surface area contributed by atoms with Crippen molar-refractivity contribution >= 4 is 5.69 Å². The fourth-order valence-corrected chi connectivity index (χ4v) is 1.70. The van der Waals surface area contributed by atoms with E-state index in [1.165, 1.54) is 6.07 Å². The number of hydrogen-bond donors (Lipinski definition) is 1. The first-order valence-electron chi connectivity index (χ1n) is 5.82. The number of para-hydroxylation sites is 1. The van der Waals surface area contributed by atoms with Gasteiger partial charge in [0, 0.05) is 20.2 Å². The van der Waals surface area contributed by atoms with Crippen molar-refractivity contribution in [1.29, 1.82) is 0 Å². The third kappa shape index (κ3) is 4.19. The van der Waals surface area contributed by atoms with Crippen molar-refractivity contribution in [2.45, 2.75) is 25.7 Å². The lowest BCUT2D eigenvalue weighted by Gasteiger charge is -2.19. The van der Waals surface area contributed by atoms with Crippen molar-refractivity contribution in [2.24, 2.45) is 0 Å². The summed E-state index contributed by atoms with van der Waals surface area (Å²) in [6.45, 7) is 1.12. The van der Waals surface area contributed by atoms with Crippen molar-refractivity contribution in [3.8, 4) is 0 Å². The first-order chi connectivity index (χ1) is 7.75. The number of aliphatic hydroxyl groups is 1. The highest BCUT2D eigenvalue weighted by Crippen LogP contribution is 2.17. The molecule has 0 atom stereocenters. The number of halogens is 1. The standard InChI is InChI=1S/C13H20FNO/c1-15(10-6-2-3-7-11-16)13-9-5-4-8-12(13)14/h4-5,8-9,16H,2-3,6-7,10-11H2,1H3. The Kier molecular flexibility index (Phi) is 5.86. The summed E-state index contributed by atoms with van der Waals surface area (Å²) in [6.07, 6.45) is 4.02. The summed E-state index contributed by atoms with van der Waals surface area (Å²) >= 11 is 0. The minimum absolute atomic E-state index is 0.166. The van der Waals surface area contributed by atoms with Crippen LogP contribution in [-0.2, 0) is 0 Å². The van der Waals surface area contributed by atoms with Crippen molar-refractivity contribution < 1.29 is 9.50 Å². The third-order valence-corrected chi connectivity index (χ3v) is 2.67. The molecule has 0 aliphatic heterocycles. The fraction of sp³-hybridized carbons (Fsp3) is 0.538. The number of aliphatic hydroxyl groups excluding tert-OH is 1. The largest absolute Gasteiger partial charge is 0.396 e. The van der Waals surface area contributed by atoms with Gasteiger partial charge in [-0.1, -0.05) is 25.0 Å². The van der Waals surface area contributed by atoms with E-state index in [1.807, 2.05) is 18.0 Å². The van der Waals surface area contributed by atoms with E-state index < -0.39 is 0 Å². The van der Waals surface area contributed by atoms with E-state index in [2.05, 4.69) is 0 Å². The van der Waals surface area contributed by atoms with Gasteiger partial charge in [0.15, 0.2) is 0 Å². The maximum atomic E-state index is 13.4. The van der Waals surface area contributed by atoms with Crippen molar-refractivity contribution in [2.75, 3.05) is 25.1 Å². The number of unbranched alkanes of at least 4 members (excludes halogenated alkanes) is 3. The normalized spacial score (nSPS) is 10.4. The van der Waals surface area contributed by atoms with Gasteiger partial charge in [-0.3, -0.25) is 0 Å². The molecule has 1 rings (SSSR count). The van der Waals surface area contributed by atoms with Crippen LogP contribution in [0.3, 0.4) is 0 Å². The Balaban J connectivity index is 2.30. The second kappa shape index (κ2) is 7.23. The van der Waals surface area contributed by atoms with Gasteiger partial charge in [-0.25, -0.2) is 4.39 Å². The van der Waals surface area contributed by atoms with Gasteiger partial charge in [0.25, 0.3) is 0 Å². The Morgan fingerprint density at radius 3 is 2.50 bits per heavy atom. The molecule has 1 aromatic carbocycles. The average Bonchev–Trinajstić information content (AvgIpc) is 2.29. The number of rotatable bonds is 7. The number of hydrogen-bond acceptors (Lipinski definition) is 2. The Bertz CT molecular complexity index is 304. The molecule has 0 radical (unpaired) electrons. The summed E-state index contributed by atoms with van der Waals surface area (Å²) in [7, 11) is 1.91.